The molecule has 262 valence electrons. The van der Waals surface area contributed by atoms with Gasteiger partial charge in [-0.1, -0.05) is 164 Å². The molecule has 0 N–H and O–H groups in total. The summed E-state index contributed by atoms with van der Waals surface area (Å²) in [4.78, 5) is 19.9. The smallest absolute Gasteiger partial charge is 0.213 e. The van der Waals surface area contributed by atoms with Crippen molar-refractivity contribution in [1.29, 1.82) is 0 Å². The van der Waals surface area contributed by atoms with Crippen LogP contribution in [-0.2, 0) is 0 Å². The Labute approximate surface area is 322 Å². The summed E-state index contributed by atoms with van der Waals surface area (Å²) in [6.07, 6.45) is 0. The van der Waals surface area contributed by atoms with Gasteiger partial charge in [-0.15, -0.1) is 0 Å². The molecule has 6 heteroatoms. The lowest BCUT2D eigenvalue weighted by molar-refractivity contribution is 0.645. The van der Waals surface area contributed by atoms with E-state index in [0.717, 1.165) is 88.6 Å². The fraction of sp³-hybridized carbons (Fsp3) is 0. The standard InChI is InChI=1S/C50H31N5O/c1-4-14-35(15-5-1)47-52-48(36-16-6-2-7-17-36)54-49(53-47)37-30-26-33(27-31-37)32-24-28-34(29-25-32)45-46-43(39-20-10-12-22-41(39)51-45)44-40-21-11-13-23-42(40)55(50(44)56-46)38-18-8-3-9-19-38/h1-31H. The monoisotopic (exact) mass is 717 g/mol. The maximum atomic E-state index is 6.94. The zero-order chi connectivity index (χ0) is 37.0. The van der Waals surface area contributed by atoms with Crippen LogP contribution >= 0.6 is 0 Å². The van der Waals surface area contributed by atoms with Gasteiger partial charge >= 0.3 is 0 Å². The molecule has 0 amide bonds. The van der Waals surface area contributed by atoms with E-state index in [-0.39, 0.29) is 0 Å². The predicted octanol–water partition coefficient (Wildman–Crippen LogP) is 12.6. The molecule has 0 aliphatic carbocycles. The number of hydrogen-bond donors (Lipinski definition) is 0. The highest BCUT2D eigenvalue weighted by atomic mass is 16.3. The van der Waals surface area contributed by atoms with Crippen LogP contribution < -0.4 is 0 Å². The molecule has 0 saturated heterocycles. The first-order valence-corrected chi connectivity index (χ1v) is 18.6. The van der Waals surface area contributed by atoms with Gasteiger partial charge in [0.05, 0.1) is 16.4 Å². The average molecular weight is 718 g/mol. The van der Waals surface area contributed by atoms with Gasteiger partial charge < -0.3 is 4.42 Å². The van der Waals surface area contributed by atoms with E-state index in [9.17, 15) is 0 Å². The molecule has 56 heavy (non-hydrogen) atoms. The third-order valence-corrected chi connectivity index (χ3v) is 10.5. The second-order valence-electron chi connectivity index (χ2n) is 13.8. The Balaban J connectivity index is 0.996. The molecule has 0 spiro atoms. The molecule has 0 atom stereocenters. The summed E-state index contributed by atoms with van der Waals surface area (Å²) < 4.78 is 9.16. The summed E-state index contributed by atoms with van der Waals surface area (Å²) in [6.45, 7) is 0. The van der Waals surface area contributed by atoms with E-state index in [2.05, 4.69) is 120 Å². The number of nitrogens with zero attached hydrogens (tertiary/aromatic N) is 5. The molecule has 7 aromatic carbocycles. The first kappa shape index (κ1) is 31.8. The first-order valence-electron chi connectivity index (χ1n) is 18.6. The van der Waals surface area contributed by atoms with Gasteiger partial charge in [-0.3, -0.25) is 4.57 Å². The average Bonchev–Trinajstić information content (AvgIpc) is 3.82. The molecule has 0 aliphatic heterocycles. The Bertz CT molecular complexity index is 3150. The molecule has 4 aromatic heterocycles. The van der Waals surface area contributed by atoms with E-state index in [1.165, 1.54) is 0 Å². The van der Waals surface area contributed by atoms with Crippen molar-refractivity contribution in [2.75, 3.05) is 0 Å². The summed E-state index contributed by atoms with van der Waals surface area (Å²) >= 11 is 0. The minimum Gasteiger partial charge on any atom is -0.437 e. The van der Waals surface area contributed by atoms with Crippen molar-refractivity contribution in [3.63, 3.8) is 0 Å². The number of benzene rings is 7. The van der Waals surface area contributed by atoms with Crippen LogP contribution in [-0.4, -0.2) is 24.5 Å². The van der Waals surface area contributed by atoms with Gasteiger partial charge in [-0.05, 0) is 35.4 Å². The van der Waals surface area contributed by atoms with E-state index in [1.54, 1.807) is 0 Å². The van der Waals surface area contributed by atoms with Crippen LogP contribution in [0.4, 0.5) is 0 Å². The lowest BCUT2D eigenvalue weighted by Gasteiger charge is -2.10. The molecular formula is C50H31N5O. The van der Waals surface area contributed by atoms with Crippen LogP contribution in [0.1, 0.15) is 0 Å². The zero-order valence-corrected chi connectivity index (χ0v) is 30.0. The van der Waals surface area contributed by atoms with Crippen LogP contribution in [0.25, 0.3) is 106 Å². The van der Waals surface area contributed by atoms with Crippen molar-refractivity contribution in [1.82, 2.24) is 24.5 Å². The summed E-state index contributed by atoms with van der Waals surface area (Å²) in [5, 5.41) is 4.40. The molecular weight excluding hydrogens is 687 g/mol. The number of furan rings is 1. The first-order chi connectivity index (χ1) is 27.8. The summed E-state index contributed by atoms with van der Waals surface area (Å²) in [6, 6.07) is 64.4. The van der Waals surface area contributed by atoms with Gasteiger partial charge in [0, 0.05) is 44.1 Å². The Morgan fingerprint density at radius 2 is 0.821 bits per heavy atom. The number of aromatic nitrogens is 5. The minimum atomic E-state index is 0.629. The third kappa shape index (κ3) is 5.27. The highest BCUT2D eigenvalue weighted by Gasteiger charge is 2.24. The SMILES string of the molecule is c1ccc(-c2nc(-c3ccccc3)nc(-c3ccc(-c4ccc(-c5nc6ccccc6c6c5oc5c6c6ccccc6n5-c5ccccc5)cc4)cc3)n2)cc1. The van der Waals surface area contributed by atoms with Crippen molar-refractivity contribution in [3.8, 4) is 62.2 Å². The fourth-order valence-corrected chi connectivity index (χ4v) is 7.79. The molecule has 0 aliphatic rings. The van der Waals surface area contributed by atoms with E-state index in [4.69, 9.17) is 24.4 Å². The van der Waals surface area contributed by atoms with Gasteiger partial charge in [-0.2, -0.15) is 0 Å². The fourth-order valence-electron chi connectivity index (χ4n) is 7.79. The maximum absolute atomic E-state index is 6.94. The Morgan fingerprint density at radius 3 is 1.43 bits per heavy atom. The van der Waals surface area contributed by atoms with Crippen molar-refractivity contribution in [2.24, 2.45) is 0 Å². The van der Waals surface area contributed by atoms with E-state index in [0.29, 0.717) is 17.5 Å². The summed E-state index contributed by atoms with van der Waals surface area (Å²) in [5.41, 5.74) is 11.5. The van der Waals surface area contributed by atoms with Gasteiger partial charge in [0.1, 0.15) is 5.69 Å². The molecule has 0 unspecified atom stereocenters. The van der Waals surface area contributed by atoms with E-state index in [1.807, 2.05) is 72.8 Å². The maximum Gasteiger partial charge on any atom is 0.213 e. The number of hydrogen-bond acceptors (Lipinski definition) is 5. The van der Waals surface area contributed by atoms with Gasteiger partial charge in [0.2, 0.25) is 5.71 Å². The van der Waals surface area contributed by atoms with Crippen molar-refractivity contribution < 1.29 is 4.42 Å². The topological polar surface area (TPSA) is 69.6 Å². The molecule has 6 nitrogen and oxygen atoms in total. The number of pyridine rings is 1. The molecule has 0 fully saturated rings. The van der Waals surface area contributed by atoms with Gasteiger partial charge in [0.25, 0.3) is 0 Å². The normalized spacial score (nSPS) is 11.6. The summed E-state index contributed by atoms with van der Waals surface area (Å²) in [7, 11) is 0. The predicted molar refractivity (Wildman–Crippen MR) is 226 cm³/mol. The van der Waals surface area contributed by atoms with Crippen LogP contribution in [0, 0.1) is 0 Å². The van der Waals surface area contributed by atoms with E-state index < -0.39 is 0 Å². The number of para-hydroxylation sites is 3. The second-order valence-corrected chi connectivity index (χ2v) is 13.8. The Hall–Kier alpha value is -7.70. The van der Waals surface area contributed by atoms with Crippen LogP contribution in [0.2, 0.25) is 0 Å². The van der Waals surface area contributed by atoms with Crippen LogP contribution in [0.3, 0.4) is 0 Å². The zero-order valence-electron chi connectivity index (χ0n) is 30.0. The molecule has 11 rings (SSSR count). The second kappa shape index (κ2) is 13.0. The molecule has 11 aromatic rings. The van der Waals surface area contributed by atoms with Gasteiger partial charge in [0.15, 0.2) is 23.1 Å². The highest BCUT2D eigenvalue weighted by molar-refractivity contribution is 6.28. The molecule has 0 saturated carbocycles. The van der Waals surface area contributed by atoms with Crippen molar-refractivity contribution in [3.05, 3.63) is 188 Å². The number of rotatable bonds is 6. The van der Waals surface area contributed by atoms with E-state index >= 15 is 0 Å². The van der Waals surface area contributed by atoms with Crippen LogP contribution in [0.15, 0.2) is 192 Å². The van der Waals surface area contributed by atoms with Gasteiger partial charge in [-0.25, -0.2) is 19.9 Å². The van der Waals surface area contributed by atoms with Crippen molar-refractivity contribution >= 4 is 43.9 Å². The van der Waals surface area contributed by atoms with Crippen LogP contribution in [0.5, 0.6) is 0 Å². The molecule has 0 radical (unpaired) electrons. The lowest BCUT2D eigenvalue weighted by atomic mass is 9.99. The molecule has 4 heterocycles. The Morgan fingerprint density at radius 1 is 0.357 bits per heavy atom. The van der Waals surface area contributed by atoms with Crippen molar-refractivity contribution in [2.45, 2.75) is 0 Å². The quantitative estimate of drug-likeness (QED) is 0.171. The lowest BCUT2D eigenvalue weighted by Crippen LogP contribution is -2.00. The minimum absolute atomic E-state index is 0.629. The number of fused-ring (bicyclic) bond motifs is 7. The highest BCUT2D eigenvalue weighted by Crippen LogP contribution is 2.44. The third-order valence-electron chi connectivity index (χ3n) is 10.5. The Kier molecular flexibility index (Phi) is 7.38. The molecule has 0 bridgehead atoms. The largest absolute Gasteiger partial charge is 0.437 e. The summed E-state index contributed by atoms with van der Waals surface area (Å²) in [5.74, 6) is 1.92.